The minimum Gasteiger partial charge on any atom is -0.348 e. The molecular weight excluding hydrogens is 476 g/mol. The molecule has 4 aromatic carbocycles. The second-order valence-corrected chi connectivity index (χ2v) is 10.3. The number of nitrogens with zero attached hydrogens (tertiary/aromatic N) is 1. The summed E-state index contributed by atoms with van der Waals surface area (Å²) in [6.07, 6.45) is 1.90. The van der Waals surface area contributed by atoms with E-state index in [-0.39, 0.29) is 11.8 Å². The number of carbonyl (C=O) groups excluding carboxylic acids is 2. The Hall–Kier alpha value is -4.09. The minimum atomic E-state index is -0.124. The predicted octanol–water partition coefficient (Wildman–Crippen LogP) is 6.91. The van der Waals surface area contributed by atoms with Gasteiger partial charge in [0, 0.05) is 17.0 Å². The smallest absolute Gasteiger partial charge is 0.265 e. The largest absolute Gasteiger partial charge is 0.348 e. The Kier molecular flexibility index (Phi) is 7.24. The first-order chi connectivity index (χ1) is 18.0. The molecule has 0 atom stereocenters. The quantitative estimate of drug-likeness (QED) is 0.290. The molecule has 0 radical (unpaired) electrons. The van der Waals surface area contributed by atoms with Crippen LogP contribution in [0.25, 0.3) is 6.08 Å². The highest BCUT2D eigenvalue weighted by atomic mass is 32.2. The molecule has 0 aromatic heterocycles. The fourth-order valence-electron chi connectivity index (χ4n) is 4.25. The monoisotopic (exact) mass is 504 g/mol. The molecule has 1 heterocycles. The topological polar surface area (TPSA) is 49.4 Å². The Morgan fingerprint density at radius 2 is 1.57 bits per heavy atom. The second-order valence-electron chi connectivity index (χ2n) is 9.19. The average molecular weight is 505 g/mol. The number of benzene rings is 4. The molecule has 0 saturated heterocycles. The molecule has 4 aromatic rings. The van der Waals surface area contributed by atoms with Crippen molar-refractivity contribution >= 4 is 35.3 Å². The van der Waals surface area contributed by atoms with Crippen LogP contribution in [0.5, 0.6) is 0 Å². The number of thioether (sulfide) groups is 1. The van der Waals surface area contributed by atoms with Crippen molar-refractivity contribution in [3.8, 4) is 0 Å². The lowest BCUT2D eigenvalue weighted by molar-refractivity contribution is -0.114. The Bertz CT molecular complexity index is 1470. The summed E-state index contributed by atoms with van der Waals surface area (Å²) in [7, 11) is 0. The molecule has 1 aliphatic rings. The van der Waals surface area contributed by atoms with E-state index in [0.29, 0.717) is 23.6 Å². The molecule has 2 amide bonds. The molecule has 0 fully saturated rings. The third-order valence-corrected chi connectivity index (χ3v) is 7.54. The van der Waals surface area contributed by atoms with E-state index in [4.69, 9.17) is 0 Å². The molecule has 1 N–H and O–H groups in total. The van der Waals surface area contributed by atoms with E-state index in [0.717, 1.165) is 32.8 Å². The van der Waals surface area contributed by atoms with E-state index in [9.17, 15) is 9.59 Å². The summed E-state index contributed by atoms with van der Waals surface area (Å²) in [5, 5.41) is 2.97. The number of fused-ring (bicyclic) bond motifs is 1. The van der Waals surface area contributed by atoms with Crippen LogP contribution in [0.1, 0.15) is 38.2 Å². The Morgan fingerprint density at radius 1 is 0.865 bits per heavy atom. The van der Waals surface area contributed by atoms with Gasteiger partial charge < -0.3 is 10.2 Å². The van der Waals surface area contributed by atoms with Gasteiger partial charge in [-0.05, 0) is 66.4 Å². The van der Waals surface area contributed by atoms with Crippen molar-refractivity contribution in [2.75, 3.05) is 4.90 Å². The number of nitrogens with one attached hydrogen (secondary N) is 1. The van der Waals surface area contributed by atoms with Crippen LogP contribution in [0.3, 0.4) is 0 Å². The number of para-hydroxylation sites is 1. The van der Waals surface area contributed by atoms with Crippen LogP contribution in [0, 0.1) is 13.8 Å². The lowest BCUT2D eigenvalue weighted by Crippen LogP contribution is -2.33. The number of hydrogen-bond acceptors (Lipinski definition) is 3. The standard InChI is InChI=1S/C32H28N2O2S/c1-22-11-13-25(14-12-22)20-33-31(35)26-17-15-24(16-18-26)19-30-32(36)34(21-27-8-4-3-7-23(27)2)28-9-5-6-10-29(28)37-30/h3-19H,20-21H2,1-2H3,(H,33,35)/b30-19+. The van der Waals surface area contributed by atoms with Gasteiger partial charge in [-0.15, -0.1) is 0 Å². The van der Waals surface area contributed by atoms with Crippen molar-refractivity contribution in [1.29, 1.82) is 0 Å². The van der Waals surface area contributed by atoms with Gasteiger partial charge >= 0.3 is 0 Å². The van der Waals surface area contributed by atoms with Crippen molar-refractivity contribution in [3.05, 3.63) is 135 Å². The first-order valence-electron chi connectivity index (χ1n) is 12.3. The summed E-state index contributed by atoms with van der Waals surface area (Å²) in [6.45, 7) is 5.10. The first kappa shape index (κ1) is 24.6. The highest BCUT2D eigenvalue weighted by Crippen LogP contribution is 2.42. The van der Waals surface area contributed by atoms with Crippen LogP contribution in [0.2, 0.25) is 0 Å². The molecule has 0 bridgehead atoms. The molecule has 5 rings (SSSR count). The van der Waals surface area contributed by atoms with Crippen LogP contribution in [0.15, 0.2) is 107 Å². The Labute approximate surface area is 222 Å². The Balaban J connectivity index is 1.33. The Morgan fingerprint density at radius 3 is 2.32 bits per heavy atom. The summed E-state index contributed by atoms with van der Waals surface area (Å²) in [6, 6.07) is 31.6. The van der Waals surface area contributed by atoms with Gasteiger partial charge in [0.1, 0.15) is 0 Å². The van der Waals surface area contributed by atoms with E-state index < -0.39 is 0 Å². The zero-order chi connectivity index (χ0) is 25.8. The van der Waals surface area contributed by atoms with E-state index >= 15 is 0 Å². The molecule has 0 saturated carbocycles. The van der Waals surface area contributed by atoms with Crippen LogP contribution in [-0.4, -0.2) is 11.8 Å². The summed E-state index contributed by atoms with van der Waals surface area (Å²) < 4.78 is 0. The normalized spacial score (nSPS) is 13.9. The van der Waals surface area contributed by atoms with Crippen LogP contribution in [0.4, 0.5) is 5.69 Å². The minimum absolute atomic E-state index is 0.0214. The number of hydrogen-bond donors (Lipinski definition) is 1. The van der Waals surface area contributed by atoms with Crippen molar-refractivity contribution < 1.29 is 9.59 Å². The summed E-state index contributed by atoms with van der Waals surface area (Å²) in [5.74, 6) is -0.145. The first-order valence-corrected chi connectivity index (χ1v) is 13.1. The van der Waals surface area contributed by atoms with Gasteiger partial charge in [-0.3, -0.25) is 9.59 Å². The van der Waals surface area contributed by atoms with Crippen molar-refractivity contribution in [2.24, 2.45) is 0 Å². The van der Waals surface area contributed by atoms with Gasteiger partial charge in [0.2, 0.25) is 0 Å². The van der Waals surface area contributed by atoms with Crippen molar-refractivity contribution in [3.63, 3.8) is 0 Å². The van der Waals surface area contributed by atoms with Crippen LogP contribution < -0.4 is 10.2 Å². The lowest BCUT2D eigenvalue weighted by Gasteiger charge is -2.31. The number of amides is 2. The zero-order valence-electron chi connectivity index (χ0n) is 20.9. The second kappa shape index (κ2) is 10.9. The van der Waals surface area contributed by atoms with Gasteiger partial charge in [0.25, 0.3) is 11.8 Å². The van der Waals surface area contributed by atoms with Gasteiger partial charge in [0.15, 0.2) is 0 Å². The van der Waals surface area contributed by atoms with Crippen LogP contribution >= 0.6 is 11.8 Å². The highest BCUT2D eigenvalue weighted by Gasteiger charge is 2.29. The van der Waals surface area contributed by atoms with Gasteiger partial charge in [-0.25, -0.2) is 0 Å². The maximum atomic E-state index is 13.6. The lowest BCUT2D eigenvalue weighted by atomic mass is 10.1. The summed E-state index contributed by atoms with van der Waals surface area (Å²) in [5.41, 5.74) is 6.92. The maximum absolute atomic E-state index is 13.6. The fraction of sp³-hybridized carbons (Fsp3) is 0.125. The van der Waals surface area contributed by atoms with E-state index in [1.54, 1.807) is 12.1 Å². The molecule has 0 aliphatic carbocycles. The fourth-order valence-corrected chi connectivity index (χ4v) is 5.31. The maximum Gasteiger partial charge on any atom is 0.265 e. The summed E-state index contributed by atoms with van der Waals surface area (Å²) in [4.78, 5) is 29.8. The van der Waals surface area contributed by atoms with Gasteiger partial charge in [0.05, 0.1) is 17.1 Å². The zero-order valence-corrected chi connectivity index (χ0v) is 21.7. The molecule has 1 aliphatic heterocycles. The third kappa shape index (κ3) is 5.68. The average Bonchev–Trinajstić information content (AvgIpc) is 2.92. The SMILES string of the molecule is Cc1ccc(CNC(=O)c2ccc(/C=C3/Sc4ccccc4N(Cc4ccccc4C)C3=O)cc2)cc1. The molecular formula is C32H28N2O2S. The molecule has 184 valence electrons. The van der Waals surface area contributed by atoms with Crippen molar-refractivity contribution in [1.82, 2.24) is 5.32 Å². The van der Waals surface area contributed by atoms with Crippen LogP contribution in [-0.2, 0) is 17.9 Å². The molecule has 37 heavy (non-hydrogen) atoms. The van der Waals surface area contributed by atoms with Gasteiger partial charge in [-0.1, -0.05) is 90.1 Å². The van der Waals surface area contributed by atoms with Gasteiger partial charge in [-0.2, -0.15) is 0 Å². The number of rotatable bonds is 6. The molecule has 0 spiro atoms. The molecule has 4 nitrogen and oxygen atoms in total. The predicted molar refractivity (Wildman–Crippen MR) is 151 cm³/mol. The highest BCUT2D eigenvalue weighted by molar-refractivity contribution is 8.04. The van der Waals surface area contributed by atoms with E-state index in [1.165, 1.54) is 17.3 Å². The number of anilines is 1. The third-order valence-electron chi connectivity index (χ3n) is 6.47. The van der Waals surface area contributed by atoms with Crippen molar-refractivity contribution in [2.45, 2.75) is 31.8 Å². The molecule has 5 heteroatoms. The summed E-state index contributed by atoms with van der Waals surface area (Å²) >= 11 is 1.49. The van der Waals surface area contributed by atoms with E-state index in [1.807, 2.05) is 90.7 Å². The van der Waals surface area contributed by atoms with E-state index in [2.05, 4.69) is 24.4 Å². The number of carbonyl (C=O) groups is 2. The molecule has 0 unspecified atom stereocenters. The number of aryl methyl sites for hydroxylation is 2.